The predicted molar refractivity (Wildman–Crippen MR) is 138 cm³/mol. The summed E-state index contributed by atoms with van der Waals surface area (Å²) in [6.45, 7) is 1.90. The van der Waals surface area contributed by atoms with Gasteiger partial charge in [0.25, 0.3) is 5.91 Å². The van der Waals surface area contributed by atoms with Crippen LogP contribution in [0, 0.1) is 11.8 Å². The van der Waals surface area contributed by atoms with Crippen LogP contribution in [0.25, 0.3) is 10.9 Å². The molecule has 6 heteroatoms. The Kier molecular flexibility index (Phi) is 7.77. The molecule has 1 fully saturated rings. The average Bonchev–Trinajstić information content (AvgIpc) is 3.20. The molecule has 0 bridgehead atoms. The van der Waals surface area contributed by atoms with E-state index in [0.29, 0.717) is 5.75 Å². The molecule has 3 aromatic rings. The molecule has 0 spiro atoms. The van der Waals surface area contributed by atoms with E-state index in [1.54, 1.807) is 18.9 Å². The van der Waals surface area contributed by atoms with E-state index in [1.807, 2.05) is 66.3 Å². The van der Waals surface area contributed by atoms with Crippen molar-refractivity contribution in [3.05, 3.63) is 65.9 Å². The summed E-state index contributed by atoms with van der Waals surface area (Å²) in [6.07, 6.45) is 7.37. The summed E-state index contributed by atoms with van der Waals surface area (Å²) in [6, 6.07) is 14.7. The van der Waals surface area contributed by atoms with Crippen molar-refractivity contribution in [2.45, 2.75) is 57.7 Å². The SMILES string of the molecule is CC#CC(=O)N(Cc1cn(C)c2ccccc12)C(C(=O)NC1CCCCC1)c1ccc(OC)cc1. The zero-order valence-corrected chi connectivity index (χ0v) is 20.7. The second kappa shape index (κ2) is 11.1. The smallest absolute Gasteiger partial charge is 0.299 e. The van der Waals surface area contributed by atoms with Crippen molar-refractivity contribution in [1.82, 2.24) is 14.8 Å². The molecule has 1 heterocycles. The second-order valence-corrected chi connectivity index (χ2v) is 9.11. The van der Waals surface area contributed by atoms with Gasteiger partial charge in [0.1, 0.15) is 11.8 Å². The number of nitrogens with one attached hydrogen (secondary N) is 1. The number of para-hydroxylation sites is 1. The molecule has 1 aliphatic rings. The summed E-state index contributed by atoms with van der Waals surface area (Å²) in [5.41, 5.74) is 2.77. The molecule has 1 atom stereocenters. The third kappa shape index (κ3) is 5.51. The van der Waals surface area contributed by atoms with E-state index in [0.717, 1.165) is 47.7 Å². The first-order chi connectivity index (χ1) is 17.0. The van der Waals surface area contributed by atoms with E-state index in [9.17, 15) is 9.59 Å². The van der Waals surface area contributed by atoms with Gasteiger partial charge < -0.3 is 19.5 Å². The Bertz CT molecular complexity index is 1240. The largest absolute Gasteiger partial charge is 0.497 e. The van der Waals surface area contributed by atoms with E-state index in [4.69, 9.17) is 4.74 Å². The molecule has 0 saturated heterocycles. The molecule has 35 heavy (non-hydrogen) atoms. The first-order valence-corrected chi connectivity index (χ1v) is 12.2. The Morgan fingerprint density at radius 1 is 1.11 bits per heavy atom. The Labute approximate surface area is 207 Å². The van der Waals surface area contributed by atoms with Crippen molar-refractivity contribution in [3.63, 3.8) is 0 Å². The lowest BCUT2D eigenvalue weighted by Gasteiger charge is -2.32. The summed E-state index contributed by atoms with van der Waals surface area (Å²) in [4.78, 5) is 28.7. The number of aryl methyl sites for hydroxylation is 1. The van der Waals surface area contributed by atoms with Gasteiger partial charge in [0.2, 0.25) is 5.91 Å². The van der Waals surface area contributed by atoms with Crippen LogP contribution < -0.4 is 10.1 Å². The maximum absolute atomic E-state index is 13.8. The summed E-state index contributed by atoms with van der Waals surface area (Å²) < 4.78 is 7.36. The summed E-state index contributed by atoms with van der Waals surface area (Å²) in [5.74, 6) is 5.55. The lowest BCUT2D eigenvalue weighted by molar-refractivity contribution is -0.138. The molecule has 182 valence electrons. The quantitative estimate of drug-likeness (QED) is 0.507. The monoisotopic (exact) mass is 471 g/mol. The van der Waals surface area contributed by atoms with Gasteiger partial charge in [0, 0.05) is 36.7 Å². The average molecular weight is 472 g/mol. The summed E-state index contributed by atoms with van der Waals surface area (Å²) in [7, 11) is 3.59. The van der Waals surface area contributed by atoms with Gasteiger partial charge in [-0.2, -0.15) is 0 Å². The van der Waals surface area contributed by atoms with Gasteiger partial charge in [-0.3, -0.25) is 9.59 Å². The van der Waals surface area contributed by atoms with Crippen LogP contribution in [-0.4, -0.2) is 34.4 Å². The molecule has 1 unspecified atom stereocenters. The molecule has 0 radical (unpaired) electrons. The van der Waals surface area contributed by atoms with Crippen molar-refractivity contribution in [2.75, 3.05) is 7.11 Å². The number of fused-ring (bicyclic) bond motifs is 1. The molecule has 1 aliphatic carbocycles. The van der Waals surface area contributed by atoms with Gasteiger partial charge in [-0.15, -0.1) is 0 Å². The third-order valence-electron chi connectivity index (χ3n) is 6.76. The number of nitrogens with zero attached hydrogens (tertiary/aromatic N) is 2. The second-order valence-electron chi connectivity index (χ2n) is 9.11. The Hall–Kier alpha value is -3.72. The fraction of sp³-hybridized carbons (Fsp3) is 0.379. The van der Waals surface area contributed by atoms with Crippen LogP contribution in [0.2, 0.25) is 0 Å². The van der Waals surface area contributed by atoms with Crippen LogP contribution in [0.4, 0.5) is 0 Å². The zero-order valence-electron chi connectivity index (χ0n) is 20.7. The maximum atomic E-state index is 13.8. The molecule has 6 nitrogen and oxygen atoms in total. The number of amides is 2. The van der Waals surface area contributed by atoms with Crippen molar-refractivity contribution >= 4 is 22.7 Å². The van der Waals surface area contributed by atoms with Crippen molar-refractivity contribution in [1.29, 1.82) is 0 Å². The number of ether oxygens (including phenoxy) is 1. The molecule has 2 aromatic carbocycles. The number of aromatic nitrogens is 1. The zero-order chi connectivity index (χ0) is 24.8. The first-order valence-electron chi connectivity index (χ1n) is 12.2. The highest BCUT2D eigenvalue weighted by Gasteiger charge is 2.33. The lowest BCUT2D eigenvalue weighted by atomic mass is 9.94. The van der Waals surface area contributed by atoms with Gasteiger partial charge in [-0.25, -0.2) is 0 Å². The van der Waals surface area contributed by atoms with Crippen LogP contribution in [0.5, 0.6) is 5.75 Å². The van der Waals surface area contributed by atoms with Gasteiger partial charge in [-0.1, -0.05) is 55.5 Å². The van der Waals surface area contributed by atoms with Crippen molar-refractivity contribution in [2.24, 2.45) is 7.05 Å². The topological polar surface area (TPSA) is 63.6 Å². The fourth-order valence-corrected chi connectivity index (χ4v) is 4.98. The highest BCUT2D eigenvalue weighted by Crippen LogP contribution is 2.29. The minimum Gasteiger partial charge on any atom is -0.497 e. The molecular weight excluding hydrogens is 438 g/mol. The number of hydrogen-bond acceptors (Lipinski definition) is 3. The van der Waals surface area contributed by atoms with E-state index < -0.39 is 6.04 Å². The first kappa shape index (κ1) is 24.4. The van der Waals surface area contributed by atoms with Crippen molar-refractivity contribution < 1.29 is 14.3 Å². The number of hydrogen-bond donors (Lipinski definition) is 1. The van der Waals surface area contributed by atoms with Crippen LogP contribution in [-0.2, 0) is 23.2 Å². The summed E-state index contributed by atoms with van der Waals surface area (Å²) >= 11 is 0. The molecule has 2 amide bonds. The van der Waals surface area contributed by atoms with Crippen LogP contribution >= 0.6 is 0 Å². The summed E-state index contributed by atoms with van der Waals surface area (Å²) in [5, 5.41) is 4.29. The fourth-order valence-electron chi connectivity index (χ4n) is 4.98. The standard InChI is InChI=1S/C29H33N3O3/c1-4-10-27(33)32(20-22-19-31(2)26-14-9-8-13-25(22)26)28(21-15-17-24(35-3)18-16-21)29(34)30-23-11-6-5-7-12-23/h8-9,13-19,23,28H,5-7,11-12,20H2,1-3H3,(H,30,34). The molecule has 1 aromatic heterocycles. The molecule has 1 N–H and O–H groups in total. The molecule has 4 rings (SSSR count). The van der Waals surface area contributed by atoms with Crippen LogP contribution in [0.3, 0.4) is 0 Å². The number of carbonyl (C=O) groups is 2. The third-order valence-corrected chi connectivity index (χ3v) is 6.76. The number of carbonyl (C=O) groups excluding carboxylic acids is 2. The maximum Gasteiger partial charge on any atom is 0.299 e. The van der Waals surface area contributed by atoms with E-state index in [2.05, 4.69) is 17.2 Å². The normalized spacial score (nSPS) is 14.6. The highest BCUT2D eigenvalue weighted by molar-refractivity contribution is 5.98. The van der Waals surface area contributed by atoms with Gasteiger partial charge in [0.15, 0.2) is 0 Å². The number of benzene rings is 2. The minimum absolute atomic E-state index is 0.128. The van der Waals surface area contributed by atoms with E-state index in [-0.39, 0.29) is 24.4 Å². The van der Waals surface area contributed by atoms with Gasteiger partial charge in [-0.05, 0) is 55.0 Å². The van der Waals surface area contributed by atoms with Gasteiger partial charge in [0.05, 0.1) is 7.11 Å². The van der Waals surface area contributed by atoms with Gasteiger partial charge >= 0.3 is 0 Å². The van der Waals surface area contributed by atoms with E-state index in [1.165, 1.54) is 6.42 Å². The molecular formula is C29H33N3O3. The van der Waals surface area contributed by atoms with E-state index >= 15 is 0 Å². The lowest BCUT2D eigenvalue weighted by Crippen LogP contribution is -2.46. The van der Waals surface area contributed by atoms with Crippen LogP contribution in [0.15, 0.2) is 54.7 Å². The Morgan fingerprint density at radius 2 is 1.83 bits per heavy atom. The molecule has 0 aliphatic heterocycles. The number of rotatable bonds is 7. The minimum atomic E-state index is -0.810. The van der Waals surface area contributed by atoms with Crippen molar-refractivity contribution in [3.8, 4) is 17.6 Å². The predicted octanol–water partition coefficient (Wildman–Crippen LogP) is 4.73. The van der Waals surface area contributed by atoms with Crippen LogP contribution in [0.1, 0.15) is 56.2 Å². The Morgan fingerprint density at radius 3 is 2.51 bits per heavy atom. The Balaban J connectivity index is 1.75. The molecule has 1 saturated carbocycles. The highest BCUT2D eigenvalue weighted by atomic mass is 16.5. The number of methoxy groups -OCH3 is 1.